The lowest BCUT2D eigenvalue weighted by Crippen LogP contribution is -1.75. The van der Waals surface area contributed by atoms with Crippen LogP contribution in [0.5, 0.6) is 34.5 Å². The van der Waals surface area contributed by atoms with Crippen molar-refractivity contribution < 1.29 is 30.6 Å². The van der Waals surface area contributed by atoms with Crippen LogP contribution in [0.4, 0.5) is 0 Å². The molecule has 0 fully saturated rings. The second-order valence-corrected chi connectivity index (χ2v) is 4.22. The van der Waals surface area contributed by atoms with Crippen molar-refractivity contribution >= 4 is 0 Å². The number of rotatable bonds is 0. The predicted octanol–water partition coefficient (Wildman–Crippen LogP) is 2.22. The van der Waals surface area contributed by atoms with Crippen LogP contribution >= 0.6 is 0 Å². The van der Waals surface area contributed by atoms with Crippen LogP contribution in [0.3, 0.4) is 0 Å². The highest BCUT2D eigenvalue weighted by Gasteiger charge is 2.03. The first kappa shape index (κ1) is 15.3. The molecular weight excluding hydrogens is 264 g/mol. The van der Waals surface area contributed by atoms with Crippen LogP contribution in [0.15, 0.2) is 24.3 Å². The first-order valence-electron chi connectivity index (χ1n) is 5.65. The Bertz CT molecular complexity index is 520. The van der Waals surface area contributed by atoms with Gasteiger partial charge in [0, 0.05) is 35.4 Å². The lowest BCUT2D eigenvalue weighted by atomic mass is 10.2. The Morgan fingerprint density at radius 1 is 0.500 bits per heavy atom. The minimum atomic E-state index is -0.138. The first-order chi connectivity index (χ1) is 9.22. The summed E-state index contributed by atoms with van der Waals surface area (Å²) in [5, 5.41) is 53.4. The number of aromatic hydroxyl groups is 6. The molecule has 0 aliphatic heterocycles. The third-order valence-electron chi connectivity index (χ3n) is 2.68. The van der Waals surface area contributed by atoms with Crippen LogP contribution in [-0.2, 0) is 0 Å². The van der Waals surface area contributed by atoms with E-state index in [9.17, 15) is 0 Å². The fourth-order valence-electron chi connectivity index (χ4n) is 1.34. The summed E-state index contributed by atoms with van der Waals surface area (Å²) >= 11 is 0. The Hall–Kier alpha value is -2.76. The summed E-state index contributed by atoms with van der Waals surface area (Å²) in [6.45, 7) is 3.12. The van der Waals surface area contributed by atoms with Gasteiger partial charge in [-0.3, -0.25) is 0 Å². The maximum atomic E-state index is 8.96. The predicted molar refractivity (Wildman–Crippen MR) is 72.3 cm³/mol. The molecule has 0 amide bonds. The second-order valence-electron chi connectivity index (χ2n) is 4.22. The molecule has 108 valence electrons. The second kappa shape index (κ2) is 5.92. The van der Waals surface area contributed by atoms with E-state index in [1.54, 1.807) is 13.8 Å². The van der Waals surface area contributed by atoms with E-state index in [0.29, 0.717) is 11.1 Å². The third-order valence-corrected chi connectivity index (χ3v) is 2.68. The van der Waals surface area contributed by atoms with Gasteiger partial charge in [-0.25, -0.2) is 0 Å². The minimum absolute atomic E-state index is 0.0995. The van der Waals surface area contributed by atoms with Gasteiger partial charge in [-0.15, -0.1) is 0 Å². The third kappa shape index (κ3) is 3.61. The number of hydrogen-bond donors (Lipinski definition) is 6. The Labute approximate surface area is 115 Å². The van der Waals surface area contributed by atoms with E-state index in [4.69, 9.17) is 30.6 Å². The molecule has 2 rings (SSSR count). The number of phenolic OH excluding ortho intramolecular Hbond substituents is 6. The van der Waals surface area contributed by atoms with Gasteiger partial charge in [-0.05, 0) is 13.8 Å². The summed E-state index contributed by atoms with van der Waals surface area (Å²) in [5.74, 6) is -0.675. The Kier molecular flexibility index (Phi) is 4.53. The van der Waals surface area contributed by atoms with E-state index in [-0.39, 0.29) is 34.5 Å². The molecule has 0 radical (unpaired) electrons. The number of benzene rings is 2. The van der Waals surface area contributed by atoms with Gasteiger partial charge in [-0.1, -0.05) is 0 Å². The molecule has 0 unspecified atom stereocenters. The molecule has 20 heavy (non-hydrogen) atoms. The van der Waals surface area contributed by atoms with Crippen molar-refractivity contribution in [3.05, 3.63) is 35.4 Å². The van der Waals surface area contributed by atoms with Crippen molar-refractivity contribution in [2.24, 2.45) is 0 Å². The quantitative estimate of drug-likeness (QED) is 0.440. The standard InChI is InChI=1S/2C7H8O3/c2*1-4-6(9)2-5(8)3-7(4)10/h2*2-3,8-10H,1H3. The van der Waals surface area contributed by atoms with Crippen LogP contribution < -0.4 is 0 Å². The van der Waals surface area contributed by atoms with E-state index < -0.39 is 0 Å². The highest BCUT2D eigenvalue weighted by molar-refractivity contribution is 5.48. The maximum absolute atomic E-state index is 8.96. The molecule has 2 aromatic rings. The van der Waals surface area contributed by atoms with Crippen molar-refractivity contribution in [2.75, 3.05) is 0 Å². The van der Waals surface area contributed by atoms with E-state index in [1.807, 2.05) is 0 Å². The Balaban J connectivity index is 0.000000200. The highest BCUT2D eigenvalue weighted by Crippen LogP contribution is 2.31. The molecule has 6 N–H and O–H groups in total. The zero-order valence-corrected chi connectivity index (χ0v) is 11.0. The summed E-state index contributed by atoms with van der Waals surface area (Å²) < 4.78 is 0. The van der Waals surface area contributed by atoms with Gasteiger partial charge in [0.15, 0.2) is 0 Å². The van der Waals surface area contributed by atoms with Gasteiger partial charge in [-0.2, -0.15) is 0 Å². The van der Waals surface area contributed by atoms with Crippen molar-refractivity contribution in [3.8, 4) is 34.5 Å². The topological polar surface area (TPSA) is 121 Å². The largest absolute Gasteiger partial charge is 0.508 e. The summed E-state index contributed by atoms with van der Waals surface area (Å²) in [6.07, 6.45) is 0. The smallest absolute Gasteiger partial charge is 0.125 e. The van der Waals surface area contributed by atoms with Crippen LogP contribution in [-0.4, -0.2) is 30.6 Å². The average molecular weight is 280 g/mol. The normalized spacial score (nSPS) is 9.70. The number of hydrogen-bond acceptors (Lipinski definition) is 6. The summed E-state index contributed by atoms with van der Waals surface area (Å²) in [7, 11) is 0. The zero-order chi connectivity index (χ0) is 15.4. The molecule has 0 aromatic heterocycles. The van der Waals surface area contributed by atoms with E-state index in [0.717, 1.165) is 0 Å². The Morgan fingerprint density at radius 2 is 0.700 bits per heavy atom. The highest BCUT2D eigenvalue weighted by atomic mass is 16.3. The lowest BCUT2D eigenvalue weighted by molar-refractivity contribution is 0.421. The van der Waals surface area contributed by atoms with Crippen molar-refractivity contribution in [1.29, 1.82) is 0 Å². The minimum Gasteiger partial charge on any atom is -0.508 e. The van der Waals surface area contributed by atoms with Crippen molar-refractivity contribution in [2.45, 2.75) is 13.8 Å². The van der Waals surface area contributed by atoms with Gasteiger partial charge in [0.25, 0.3) is 0 Å². The van der Waals surface area contributed by atoms with Crippen molar-refractivity contribution in [3.63, 3.8) is 0 Å². The molecular formula is C14H16O6. The zero-order valence-electron chi connectivity index (χ0n) is 11.0. The molecule has 0 spiro atoms. The van der Waals surface area contributed by atoms with E-state index >= 15 is 0 Å². The SMILES string of the molecule is Cc1c(O)cc(O)cc1O.Cc1c(O)cc(O)cc1O. The molecule has 0 aliphatic carbocycles. The molecule has 0 saturated carbocycles. The first-order valence-corrected chi connectivity index (χ1v) is 5.65. The average Bonchev–Trinajstić information content (AvgIpc) is 2.33. The molecule has 0 bridgehead atoms. The van der Waals surface area contributed by atoms with Crippen molar-refractivity contribution in [1.82, 2.24) is 0 Å². The monoisotopic (exact) mass is 280 g/mol. The lowest BCUT2D eigenvalue weighted by Gasteiger charge is -2.01. The van der Waals surface area contributed by atoms with E-state index in [2.05, 4.69) is 0 Å². The van der Waals surface area contributed by atoms with Crippen LogP contribution in [0, 0.1) is 13.8 Å². The number of phenols is 6. The van der Waals surface area contributed by atoms with Gasteiger partial charge in [0.2, 0.25) is 0 Å². The molecule has 0 heterocycles. The molecule has 2 aromatic carbocycles. The fourth-order valence-corrected chi connectivity index (χ4v) is 1.34. The van der Waals surface area contributed by atoms with Gasteiger partial charge in [0.05, 0.1) is 0 Å². The molecule has 6 nitrogen and oxygen atoms in total. The van der Waals surface area contributed by atoms with Crippen LogP contribution in [0.25, 0.3) is 0 Å². The fraction of sp³-hybridized carbons (Fsp3) is 0.143. The van der Waals surface area contributed by atoms with Gasteiger partial charge >= 0.3 is 0 Å². The van der Waals surface area contributed by atoms with Crippen LogP contribution in [0.1, 0.15) is 11.1 Å². The summed E-state index contributed by atoms with van der Waals surface area (Å²) in [6, 6.07) is 4.70. The van der Waals surface area contributed by atoms with Crippen LogP contribution in [0.2, 0.25) is 0 Å². The van der Waals surface area contributed by atoms with E-state index in [1.165, 1.54) is 24.3 Å². The summed E-state index contributed by atoms with van der Waals surface area (Å²) in [4.78, 5) is 0. The maximum Gasteiger partial charge on any atom is 0.125 e. The molecule has 0 atom stereocenters. The Morgan fingerprint density at radius 3 is 0.900 bits per heavy atom. The van der Waals surface area contributed by atoms with Gasteiger partial charge < -0.3 is 30.6 Å². The molecule has 0 saturated heterocycles. The summed E-state index contributed by atoms with van der Waals surface area (Å²) in [5.41, 5.74) is 0.746. The van der Waals surface area contributed by atoms with Gasteiger partial charge in [0.1, 0.15) is 34.5 Å². The molecule has 0 aliphatic rings. The molecule has 6 heteroatoms.